The van der Waals surface area contributed by atoms with E-state index in [1.54, 1.807) is 0 Å². The molecule has 11 N–H and O–H groups in total. The Hall–Kier alpha value is 0.421. The Morgan fingerprint density at radius 1 is 0.444 bits per heavy atom. The van der Waals surface area contributed by atoms with Crippen LogP contribution in [0.15, 0.2) is 48.5 Å². The molecule has 0 bridgehead atoms. The van der Waals surface area contributed by atoms with Gasteiger partial charge in [0.15, 0.2) is 7.14 Å². The van der Waals surface area contributed by atoms with Crippen molar-refractivity contribution < 1.29 is 114 Å². The predicted molar refractivity (Wildman–Crippen MR) is 129 cm³/mol. The van der Waals surface area contributed by atoms with Gasteiger partial charge in [0.1, 0.15) is 0 Å². The summed E-state index contributed by atoms with van der Waals surface area (Å²) in [7, 11) is 0. The summed E-state index contributed by atoms with van der Waals surface area (Å²) in [6.07, 6.45) is 0. The molecule has 0 heterocycles. The second kappa shape index (κ2) is 25.4. The SMILES string of the molecule is Cc1ccc([I+]c2ccc(C)cc2)cc1.O=[As](O)(O)F.O=[As](O)(O)F.O=[As](O)(O)F.O=[As](O)(O)F.O=[As](O)(O)F.O=[As]([O-])(O)F. The maximum atomic E-state index is 10.4. The van der Waals surface area contributed by atoms with Crippen LogP contribution in [0.25, 0.3) is 0 Å². The van der Waals surface area contributed by atoms with Crippen LogP contribution in [0.4, 0.5) is 20.8 Å². The fourth-order valence-corrected chi connectivity index (χ4v) is 3.48. The van der Waals surface area contributed by atoms with Crippen LogP contribution in [-0.2, 0) is 22.4 Å². The Bertz CT molecular complexity index is 1100. The summed E-state index contributed by atoms with van der Waals surface area (Å²) in [6, 6.07) is 17.8. The van der Waals surface area contributed by atoms with Crippen LogP contribution < -0.4 is 25.3 Å². The Balaban J connectivity index is -0.000000151. The third-order valence-corrected chi connectivity index (χ3v) is 4.92. The topological polar surface area (TPSA) is 348 Å². The zero-order valence-electron chi connectivity index (χ0n) is 21.7. The fourth-order valence-electron chi connectivity index (χ4n) is 1.32. The summed E-state index contributed by atoms with van der Waals surface area (Å²) in [5.74, 6) is 0. The average molecular weight is 1170 g/mol. The molecule has 31 heteroatoms. The standard InChI is InChI=1S/C14H14I.6AsFH2O3/c1-11-3-7-13(8-4-11)15-14-9-5-12(2)6-10-14;6*2-1(3,4)5/h3-10H,1-2H3;6*(H2,3,4,5)/q+1;;;;;;/p-1. The monoisotopic (exact) mass is 1170 g/mol. The zero-order chi connectivity index (χ0) is 37.7. The molecule has 2 aromatic carbocycles. The van der Waals surface area contributed by atoms with E-state index in [1.165, 1.54) is 18.3 Å². The van der Waals surface area contributed by atoms with E-state index >= 15 is 0 Å². The minimum absolute atomic E-state index is 0.00313. The summed E-state index contributed by atoms with van der Waals surface area (Å²) < 4.78 is 203. The summed E-state index contributed by atoms with van der Waals surface area (Å²) in [5.41, 5.74) is 2.68. The molecule has 0 aliphatic heterocycles. The Labute approximate surface area is 279 Å². The molecule has 0 amide bonds. The molecule has 268 valence electrons. The van der Waals surface area contributed by atoms with Crippen molar-refractivity contribution in [1.29, 1.82) is 0 Å². The molecule has 1 unspecified atom stereocenters. The van der Waals surface area contributed by atoms with E-state index in [2.05, 4.69) is 62.4 Å². The molecule has 2 aromatic rings. The van der Waals surface area contributed by atoms with Crippen LogP contribution >= 0.6 is 0 Å². The van der Waals surface area contributed by atoms with Gasteiger partial charge in [-0.1, -0.05) is 35.4 Å². The summed E-state index contributed by atoms with van der Waals surface area (Å²) in [4.78, 5) is 0. The maximum absolute atomic E-state index is 10.4. The molecule has 0 aliphatic rings. The first-order chi connectivity index (χ1) is 19.2. The third kappa shape index (κ3) is 134. The van der Waals surface area contributed by atoms with E-state index in [4.69, 9.17) is 71.6 Å². The van der Waals surface area contributed by atoms with Gasteiger partial charge in [0.05, 0.1) is 0 Å². The molecule has 0 radical (unpaired) electrons. The van der Waals surface area contributed by atoms with Crippen molar-refractivity contribution in [2.45, 2.75) is 13.8 Å². The second-order valence-corrected chi connectivity index (χ2v) is 21.3. The Kier molecular flexibility index (Phi) is 31.0. The minimum atomic E-state index is -5.88. The molecule has 0 saturated heterocycles. The fraction of sp³-hybridized carbons (Fsp3) is 0.143. The summed E-state index contributed by atoms with van der Waals surface area (Å²) in [6.45, 7) is 4.27. The van der Waals surface area contributed by atoms with E-state index < -0.39 is 87.9 Å². The molecule has 1 atom stereocenters. The number of halogens is 7. The van der Waals surface area contributed by atoms with Gasteiger partial charge in [0.25, 0.3) is 0 Å². The molecule has 45 heavy (non-hydrogen) atoms. The van der Waals surface area contributed by atoms with Crippen LogP contribution in [-0.4, -0.2) is 133 Å². The van der Waals surface area contributed by atoms with Crippen LogP contribution in [0.5, 0.6) is 0 Å². The molecule has 0 saturated carbocycles. The number of rotatable bonds is 2. The molecule has 18 nitrogen and oxygen atoms in total. The van der Waals surface area contributed by atoms with Gasteiger partial charge >= 0.3 is 201 Å². The Morgan fingerprint density at radius 3 is 0.667 bits per heavy atom. The molecule has 0 fully saturated rings. The van der Waals surface area contributed by atoms with E-state index in [1.807, 2.05) is 0 Å². The first-order valence-electron chi connectivity index (χ1n) is 9.51. The quantitative estimate of drug-likeness (QED) is 0.0756. The van der Waals surface area contributed by atoms with Crippen molar-refractivity contribution in [3.8, 4) is 0 Å². The van der Waals surface area contributed by atoms with Gasteiger partial charge in [-0.25, -0.2) is 0 Å². The van der Waals surface area contributed by atoms with Gasteiger partial charge in [-0.15, -0.1) is 0 Å². The van der Waals surface area contributed by atoms with Crippen LogP contribution in [0.2, 0.25) is 0 Å². The number of benzene rings is 2. The van der Waals surface area contributed by atoms with Crippen LogP contribution in [0, 0.1) is 21.0 Å². The zero-order valence-corrected chi connectivity index (χ0v) is 35.1. The van der Waals surface area contributed by atoms with E-state index in [0.717, 1.165) is 0 Å². The Morgan fingerprint density at radius 2 is 0.556 bits per heavy atom. The summed E-state index contributed by atoms with van der Waals surface area (Å²) >= 11 is -34.0. The van der Waals surface area contributed by atoms with Crippen molar-refractivity contribution in [1.82, 2.24) is 0 Å². The number of hydrogen-bond acceptors (Lipinski definition) is 7. The predicted octanol–water partition coefficient (Wildman–Crippen LogP) is -7.36. The van der Waals surface area contributed by atoms with Crippen molar-refractivity contribution in [2.75, 3.05) is 0 Å². The van der Waals surface area contributed by atoms with Crippen molar-refractivity contribution in [2.24, 2.45) is 0 Å². The average Bonchev–Trinajstić information content (AvgIpc) is 2.64. The normalized spacial score (nSPS) is 12.4. The van der Waals surface area contributed by atoms with Gasteiger partial charge in [-0.05, 0) is 38.1 Å². The van der Waals surface area contributed by atoms with Crippen molar-refractivity contribution in [3.05, 3.63) is 66.8 Å². The van der Waals surface area contributed by atoms with Gasteiger partial charge in [-0.3, -0.25) is 0 Å². The molecular weight excluding hydrogens is 1150 g/mol. The molecule has 2 rings (SSSR count). The van der Waals surface area contributed by atoms with Crippen LogP contribution in [0.3, 0.4) is 0 Å². The molecular formula is C14H25As6F6IO18. The molecule has 0 aliphatic carbocycles. The molecule has 0 aromatic heterocycles. The van der Waals surface area contributed by atoms with Crippen LogP contribution in [0.1, 0.15) is 11.1 Å². The van der Waals surface area contributed by atoms with Gasteiger partial charge in [-0.2, -0.15) is 0 Å². The summed E-state index contributed by atoms with van der Waals surface area (Å²) in [5, 5.41) is 0. The number of hydrogen-bond donors (Lipinski definition) is 11. The first kappa shape index (κ1) is 54.9. The van der Waals surface area contributed by atoms with Crippen molar-refractivity contribution >= 4 is 87.9 Å². The van der Waals surface area contributed by atoms with Gasteiger partial charge in [0, 0.05) is 0 Å². The van der Waals surface area contributed by atoms with Crippen molar-refractivity contribution in [3.63, 3.8) is 0 Å². The first-order valence-corrected chi connectivity index (χ1v) is 30.5. The van der Waals surface area contributed by atoms with E-state index in [9.17, 15) is 20.8 Å². The van der Waals surface area contributed by atoms with Gasteiger partial charge < -0.3 is 0 Å². The molecule has 0 spiro atoms. The van der Waals surface area contributed by atoms with Gasteiger partial charge in [0.2, 0.25) is 0 Å². The third-order valence-electron chi connectivity index (χ3n) is 2.24. The van der Waals surface area contributed by atoms with E-state index in [-0.39, 0.29) is 21.2 Å². The second-order valence-electron chi connectivity index (χ2n) is 6.50. The van der Waals surface area contributed by atoms with E-state index in [0.29, 0.717) is 0 Å². The number of aryl methyl sites for hydroxylation is 2.